The van der Waals surface area contributed by atoms with E-state index in [0.717, 1.165) is 26.2 Å². The van der Waals surface area contributed by atoms with E-state index in [2.05, 4.69) is 5.32 Å². The van der Waals surface area contributed by atoms with Gasteiger partial charge in [-0.3, -0.25) is 5.32 Å². The second kappa shape index (κ2) is 6.76. The molecule has 1 aliphatic carbocycles. The van der Waals surface area contributed by atoms with Gasteiger partial charge in [0.05, 0.1) is 13.7 Å². The molecule has 0 spiro atoms. The first kappa shape index (κ1) is 17.2. The molecule has 0 aromatic heterocycles. The quantitative estimate of drug-likeness (QED) is 0.698. The number of hydrogen-bond donors (Lipinski definition) is 1. The smallest absolute Gasteiger partial charge is 0.414 e. The van der Waals surface area contributed by atoms with Crippen LogP contribution in [0.1, 0.15) is 33.1 Å². The largest absolute Gasteiger partial charge is 0.468 e. The Balaban J connectivity index is 2.78. The maximum absolute atomic E-state index is 12.5. The Labute approximate surface area is 117 Å². The van der Waals surface area contributed by atoms with Gasteiger partial charge in [-0.1, -0.05) is 6.92 Å². The predicted octanol–water partition coefficient (Wildman–Crippen LogP) is 2.28. The van der Waals surface area contributed by atoms with Crippen LogP contribution in [0.15, 0.2) is 0 Å². The Bertz CT molecular complexity index is 331. The van der Waals surface area contributed by atoms with E-state index in [-0.39, 0.29) is 12.5 Å². The fourth-order valence-corrected chi connectivity index (χ4v) is 2.07. The Hall–Kier alpha value is -0.820. The molecule has 0 bridgehead atoms. The molecule has 2 atom stereocenters. The summed E-state index contributed by atoms with van der Waals surface area (Å²) in [6, 6.07) is 0. The van der Waals surface area contributed by atoms with Crippen LogP contribution in [0, 0.1) is 5.92 Å². The number of methoxy groups -OCH3 is 1. The van der Waals surface area contributed by atoms with Crippen molar-refractivity contribution in [3.8, 4) is 0 Å². The second-order valence-corrected chi connectivity index (χ2v) is 5.16. The molecule has 1 fully saturated rings. The van der Waals surface area contributed by atoms with Gasteiger partial charge in [-0.05, 0) is 38.6 Å². The van der Waals surface area contributed by atoms with Crippen LogP contribution in [-0.2, 0) is 14.3 Å². The van der Waals surface area contributed by atoms with Gasteiger partial charge in [0.25, 0.3) is 0 Å². The van der Waals surface area contributed by atoms with Gasteiger partial charge >= 0.3 is 12.1 Å². The van der Waals surface area contributed by atoms with E-state index < -0.39 is 23.8 Å². The highest BCUT2D eigenvalue weighted by Crippen LogP contribution is 2.41. The Morgan fingerprint density at radius 2 is 2.00 bits per heavy atom. The molecule has 0 amide bonds. The van der Waals surface area contributed by atoms with E-state index in [1.165, 1.54) is 7.11 Å². The lowest BCUT2D eigenvalue weighted by molar-refractivity contribution is -0.220. The molecule has 118 valence electrons. The molecule has 7 heteroatoms. The van der Waals surface area contributed by atoms with Gasteiger partial charge in [0, 0.05) is 0 Å². The summed E-state index contributed by atoms with van der Waals surface area (Å²) in [5, 5.41) is 3.04. The number of rotatable bonds is 8. The van der Waals surface area contributed by atoms with Crippen molar-refractivity contribution >= 4 is 5.97 Å². The molecule has 1 N–H and O–H groups in total. The van der Waals surface area contributed by atoms with Crippen molar-refractivity contribution in [2.45, 2.75) is 50.9 Å². The topological polar surface area (TPSA) is 47.6 Å². The summed E-state index contributed by atoms with van der Waals surface area (Å²) in [6.07, 6.45) is -4.00. The van der Waals surface area contributed by atoms with Crippen LogP contribution in [-0.4, -0.2) is 44.0 Å². The summed E-state index contributed by atoms with van der Waals surface area (Å²) >= 11 is 0. The molecule has 4 nitrogen and oxygen atoms in total. The maximum atomic E-state index is 12.5. The summed E-state index contributed by atoms with van der Waals surface area (Å²) < 4.78 is 47.2. The van der Waals surface area contributed by atoms with E-state index >= 15 is 0 Å². The van der Waals surface area contributed by atoms with Crippen LogP contribution in [0.5, 0.6) is 0 Å². The van der Waals surface area contributed by atoms with Crippen molar-refractivity contribution in [1.29, 1.82) is 0 Å². The molecule has 0 aliphatic heterocycles. The first-order valence-corrected chi connectivity index (χ1v) is 6.79. The highest BCUT2D eigenvalue weighted by molar-refractivity contribution is 5.82. The molecule has 1 saturated carbocycles. The fourth-order valence-electron chi connectivity index (χ4n) is 2.07. The summed E-state index contributed by atoms with van der Waals surface area (Å²) in [5.74, 6) is -0.579. The predicted molar refractivity (Wildman–Crippen MR) is 67.2 cm³/mol. The monoisotopic (exact) mass is 297 g/mol. The lowest BCUT2D eigenvalue weighted by Gasteiger charge is -2.33. The molecule has 1 rings (SSSR count). The van der Waals surface area contributed by atoms with E-state index in [4.69, 9.17) is 9.47 Å². The van der Waals surface area contributed by atoms with Gasteiger partial charge in [0.15, 0.2) is 6.10 Å². The molecule has 20 heavy (non-hydrogen) atoms. The van der Waals surface area contributed by atoms with Crippen LogP contribution < -0.4 is 5.32 Å². The van der Waals surface area contributed by atoms with E-state index in [1.54, 1.807) is 0 Å². The minimum atomic E-state index is -4.43. The van der Waals surface area contributed by atoms with Crippen LogP contribution in [0.4, 0.5) is 13.2 Å². The minimum Gasteiger partial charge on any atom is -0.468 e. The molecular weight excluding hydrogens is 275 g/mol. The average Bonchev–Trinajstić information content (AvgIpc) is 3.21. The third-order valence-electron chi connectivity index (χ3n) is 3.54. The second-order valence-electron chi connectivity index (χ2n) is 5.16. The molecule has 0 radical (unpaired) electrons. The summed E-state index contributed by atoms with van der Waals surface area (Å²) in [6.45, 7) is 3.05. The number of alkyl halides is 3. The maximum Gasteiger partial charge on any atom is 0.414 e. The number of halogens is 3. The zero-order valence-corrected chi connectivity index (χ0v) is 12.0. The zero-order chi connectivity index (χ0) is 15.4. The number of carbonyl (C=O) groups excluding carboxylic acids is 1. The van der Waals surface area contributed by atoms with Crippen molar-refractivity contribution < 1.29 is 27.4 Å². The number of esters is 1. The van der Waals surface area contributed by atoms with E-state index in [1.807, 2.05) is 6.92 Å². The van der Waals surface area contributed by atoms with Crippen LogP contribution in [0.3, 0.4) is 0 Å². The highest BCUT2D eigenvalue weighted by Gasteiger charge is 2.53. The molecule has 2 unspecified atom stereocenters. The zero-order valence-electron chi connectivity index (χ0n) is 12.0. The Kier molecular flexibility index (Phi) is 5.82. The first-order valence-electron chi connectivity index (χ1n) is 6.79. The molecule has 1 aliphatic rings. The normalized spacial score (nSPS) is 20.3. The molecule has 0 saturated heterocycles. The standard InChI is InChI=1S/C13H22F3NO3/c1-4-7-17-12(10-5-6-10,11(18)19-3)8-20-9(2)13(14,15)16/h9-10,17H,4-8H2,1-3H3. The summed E-state index contributed by atoms with van der Waals surface area (Å²) in [7, 11) is 1.24. The Morgan fingerprint density at radius 1 is 1.40 bits per heavy atom. The summed E-state index contributed by atoms with van der Waals surface area (Å²) in [5.41, 5.74) is -1.16. The third kappa shape index (κ3) is 4.09. The van der Waals surface area contributed by atoms with Crippen molar-refractivity contribution in [3.63, 3.8) is 0 Å². The fraction of sp³-hybridized carbons (Fsp3) is 0.923. The van der Waals surface area contributed by atoms with Crippen molar-refractivity contribution in [2.24, 2.45) is 5.92 Å². The molecule has 0 aromatic carbocycles. The number of ether oxygens (including phenoxy) is 2. The number of nitrogens with one attached hydrogen (secondary N) is 1. The van der Waals surface area contributed by atoms with Crippen molar-refractivity contribution in [3.05, 3.63) is 0 Å². The van der Waals surface area contributed by atoms with E-state index in [0.29, 0.717) is 6.54 Å². The van der Waals surface area contributed by atoms with Crippen LogP contribution in [0.25, 0.3) is 0 Å². The average molecular weight is 297 g/mol. The third-order valence-corrected chi connectivity index (χ3v) is 3.54. The van der Waals surface area contributed by atoms with Gasteiger partial charge < -0.3 is 9.47 Å². The summed E-state index contributed by atoms with van der Waals surface area (Å²) in [4.78, 5) is 12.0. The van der Waals surface area contributed by atoms with Crippen molar-refractivity contribution in [1.82, 2.24) is 5.32 Å². The van der Waals surface area contributed by atoms with Crippen LogP contribution >= 0.6 is 0 Å². The molecule has 0 heterocycles. The first-order chi connectivity index (χ1) is 9.28. The highest BCUT2D eigenvalue weighted by atomic mass is 19.4. The SMILES string of the molecule is CCCNC(COC(C)C(F)(F)F)(C(=O)OC)C1CC1. The van der Waals surface area contributed by atoms with Gasteiger partial charge in [-0.15, -0.1) is 0 Å². The minimum absolute atomic E-state index is 0.0260. The Morgan fingerprint density at radius 3 is 2.40 bits per heavy atom. The lowest BCUT2D eigenvalue weighted by atomic mass is 9.93. The lowest BCUT2D eigenvalue weighted by Crippen LogP contribution is -2.59. The molecular formula is C13H22F3NO3. The van der Waals surface area contributed by atoms with Crippen LogP contribution in [0.2, 0.25) is 0 Å². The molecule has 0 aromatic rings. The van der Waals surface area contributed by atoms with Gasteiger partial charge in [0.2, 0.25) is 0 Å². The van der Waals surface area contributed by atoms with Gasteiger partial charge in [-0.25, -0.2) is 4.79 Å². The number of hydrogen-bond acceptors (Lipinski definition) is 4. The van der Waals surface area contributed by atoms with Gasteiger partial charge in [0.1, 0.15) is 5.54 Å². The van der Waals surface area contributed by atoms with Crippen molar-refractivity contribution in [2.75, 3.05) is 20.3 Å². The van der Waals surface area contributed by atoms with E-state index in [9.17, 15) is 18.0 Å². The number of carbonyl (C=O) groups is 1. The van der Waals surface area contributed by atoms with Gasteiger partial charge in [-0.2, -0.15) is 13.2 Å².